The maximum absolute atomic E-state index is 10.5. The highest BCUT2D eigenvalue weighted by Crippen LogP contribution is 2.22. The number of ether oxygens (including phenoxy) is 1. The van der Waals surface area contributed by atoms with Gasteiger partial charge < -0.3 is 29.9 Å². The molecule has 0 spiro atoms. The molecule has 3 aromatic rings. The summed E-state index contributed by atoms with van der Waals surface area (Å²) in [7, 11) is 0. The van der Waals surface area contributed by atoms with Crippen molar-refractivity contribution in [2.75, 3.05) is 43.1 Å². The number of carbonyl (C=O) groups is 1. The van der Waals surface area contributed by atoms with Gasteiger partial charge in [0.15, 0.2) is 0 Å². The Morgan fingerprint density at radius 3 is 2.72 bits per heavy atom. The van der Waals surface area contributed by atoms with Crippen LogP contribution in [0.1, 0.15) is 6.42 Å². The first-order chi connectivity index (χ1) is 14.2. The molecule has 0 atom stereocenters. The molecule has 0 unspecified atom stereocenters. The predicted molar refractivity (Wildman–Crippen MR) is 111 cm³/mol. The zero-order chi connectivity index (χ0) is 20.1. The monoisotopic (exact) mass is 396 g/mol. The Labute approximate surface area is 168 Å². The summed E-state index contributed by atoms with van der Waals surface area (Å²) in [5.41, 5.74) is 2.92. The van der Waals surface area contributed by atoms with Crippen LogP contribution < -0.4 is 15.5 Å². The smallest absolute Gasteiger partial charge is 0.404 e. The zero-order valence-electron chi connectivity index (χ0n) is 16.0. The summed E-state index contributed by atoms with van der Waals surface area (Å²) >= 11 is 0. The maximum Gasteiger partial charge on any atom is 0.404 e. The second-order valence-corrected chi connectivity index (χ2v) is 6.84. The van der Waals surface area contributed by atoms with Gasteiger partial charge in [0, 0.05) is 55.3 Å². The van der Waals surface area contributed by atoms with Crippen LogP contribution in [0.25, 0.3) is 11.0 Å². The molecule has 1 aliphatic heterocycles. The van der Waals surface area contributed by atoms with E-state index in [1.54, 1.807) is 6.20 Å². The Morgan fingerprint density at radius 1 is 1.17 bits per heavy atom. The summed E-state index contributed by atoms with van der Waals surface area (Å²) < 4.78 is 7.41. The minimum Gasteiger partial charge on any atom is -0.465 e. The minimum absolute atomic E-state index is 0.403. The van der Waals surface area contributed by atoms with Crippen LogP contribution in [0.4, 0.5) is 22.1 Å². The first-order valence-electron chi connectivity index (χ1n) is 9.67. The number of aryl methyl sites for hydroxylation is 1. The van der Waals surface area contributed by atoms with E-state index >= 15 is 0 Å². The average Bonchev–Trinajstić information content (AvgIpc) is 3.14. The lowest BCUT2D eigenvalue weighted by atomic mass is 10.2. The van der Waals surface area contributed by atoms with E-state index in [0.29, 0.717) is 25.5 Å². The number of nitrogens with one attached hydrogen (secondary N) is 2. The Hall–Kier alpha value is -3.33. The number of rotatable bonds is 7. The molecule has 3 heterocycles. The van der Waals surface area contributed by atoms with Crippen LogP contribution >= 0.6 is 0 Å². The van der Waals surface area contributed by atoms with E-state index in [-0.39, 0.29) is 0 Å². The van der Waals surface area contributed by atoms with Crippen molar-refractivity contribution in [1.82, 2.24) is 19.9 Å². The lowest BCUT2D eigenvalue weighted by Crippen LogP contribution is -2.36. The van der Waals surface area contributed by atoms with Crippen molar-refractivity contribution < 1.29 is 14.6 Å². The van der Waals surface area contributed by atoms with Gasteiger partial charge >= 0.3 is 6.09 Å². The number of nitrogens with zero attached hydrogens (tertiary/aromatic N) is 4. The Bertz CT molecular complexity index is 966. The highest BCUT2D eigenvalue weighted by Gasteiger charge is 2.11. The second-order valence-electron chi connectivity index (χ2n) is 6.84. The highest BCUT2D eigenvalue weighted by molar-refractivity contribution is 5.77. The third-order valence-electron chi connectivity index (χ3n) is 4.85. The van der Waals surface area contributed by atoms with Gasteiger partial charge in [0.1, 0.15) is 5.65 Å². The third kappa shape index (κ3) is 4.75. The van der Waals surface area contributed by atoms with Crippen LogP contribution in [-0.4, -0.2) is 58.6 Å². The second kappa shape index (κ2) is 8.78. The SMILES string of the molecule is O=C(O)NCCCn1ccc2cnc(Nc3ccc(N4CCOCC4)cc3)nc21. The summed E-state index contributed by atoms with van der Waals surface area (Å²) in [5, 5.41) is 15.2. The number of hydrogen-bond acceptors (Lipinski definition) is 6. The van der Waals surface area contributed by atoms with Crippen molar-refractivity contribution >= 4 is 34.4 Å². The van der Waals surface area contributed by atoms with Crippen LogP contribution in [0.5, 0.6) is 0 Å². The maximum atomic E-state index is 10.5. The summed E-state index contributed by atoms with van der Waals surface area (Å²) in [6.07, 6.45) is 3.42. The Kier molecular flexibility index (Phi) is 5.76. The van der Waals surface area contributed by atoms with E-state index < -0.39 is 6.09 Å². The molecule has 9 nitrogen and oxygen atoms in total. The third-order valence-corrected chi connectivity index (χ3v) is 4.85. The van der Waals surface area contributed by atoms with Crippen LogP contribution in [0.15, 0.2) is 42.7 Å². The minimum atomic E-state index is -1.00. The number of carboxylic acid groups (broad SMARTS) is 1. The quantitative estimate of drug-likeness (QED) is 0.527. The van der Waals surface area contributed by atoms with Gasteiger partial charge in [-0.3, -0.25) is 0 Å². The number of amides is 1. The molecule has 0 radical (unpaired) electrons. The summed E-state index contributed by atoms with van der Waals surface area (Å²) in [6, 6.07) is 10.2. The van der Waals surface area contributed by atoms with Gasteiger partial charge in [0.05, 0.1) is 13.2 Å². The van der Waals surface area contributed by atoms with Gasteiger partial charge in [-0.15, -0.1) is 0 Å². The molecule has 3 N–H and O–H groups in total. The van der Waals surface area contributed by atoms with Crippen LogP contribution in [0, 0.1) is 0 Å². The first kappa shape index (κ1) is 19.0. The molecule has 2 aromatic heterocycles. The fourth-order valence-electron chi connectivity index (χ4n) is 3.36. The standard InChI is InChI=1S/C20H24N6O3/c27-20(28)21-7-1-8-26-9-6-15-14-22-19(24-18(15)26)23-16-2-4-17(5-3-16)25-10-12-29-13-11-25/h2-6,9,14,21H,1,7-8,10-13H2,(H,27,28)(H,22,23,24). The molecule has 1 saturated heterocycles. The molecule has 1 amide bonds. The van der Waals surface area contributed by atoms with Crippen molar-refractivity contribution in [3.8, 4) is 0 Å². The first-order valence-corrected chi connectivity index (χ1v) is 9.67. The number of benzene rings is 1. The molecule has 4 rings (SSSR count). The van der Waals surface area contributed by atoms with E-state index in [1.807, 2.05) is 29.0 Å². The topological polar surface area (TPSA) is 105 Å². The molecule has 0 saturated carbocycles. The largest absolute Gasteiger partial charge is 0.465 e. The molecule has 29 heavy (non-hydrogen) atoms. The Balaban J connectivity index is 1.42. The van der Waals surface area contributed by atoms with Gasteiger partial charge in [0.25, 0.3) is 0 Å². The highest BCUT2D eigenvalue weighted by atomic mass is 16.5. The molecule has 0 aliphatic carbocycles. The fraction of sp³-hybridized carbons (Fsp3) is 0.350. The summed E-state index contributed by atoms with van der Waals surface area (Å²) in [4.78, 5) is 21.9. The molecule has 152 valence electrons. The number of hydrogen-bond donors (Lipinski definition) is 3. The van der Waals surface area contributed by atoms with Crippen molar-refractivity contribution in [3.63, 3.8) is 0 Å². The normalized spacial score (nSPS) is 14.1. The predicted octanol–water partition coefficient (Wildman–Crippen LogP) is 2.67. The van der Waals surface area contributed by atoms with Gasteiger partial charge in [0.2, 0.25) is 5.95 Å². The average molecular weight is 396 g/mol. The van der Waals surface area contributed by atoms with Crippen molar-refractivity contribution in [2.45, 2.75) is 13.0 Å². The zero-order valence-corrected chi connectivity index (χ0v) is 16.0. The van der Waals surface area contributed by atoms with Gasteiger partial charge in [-0.1, -0.05) is 0 Å². The van der Waals surface area contributed by atoms with Crippen molar-refractivity contribution in [1.29, 1.82) is 0 Å². The number of fused-ring (bicyclic) bond motifs is 1. The van der Waals surface area contributed by atoms with Crippen molar-refractivity contribution in [3.05, 3.63) is 42.7 Å². The summed E-state index contributed by atoms with van der Waals surface area (Å²) in [6.45, 7) is 4.42. The number of aromatic nitrogens is 3. The molecular formula is C20H24N6O3. The van der Waals surface area contributed by atoms with Crippen LogP contribution in [0.2, 0.25) is 0 Å². The fourth-order valence-corrected chi connectivity index (χ4v) is 3.36. The van der Waals surface area contributed by atoms with E-state index in [4.69, 9.17) is 9.84 Å². The van der Waals surface area contributed by atoms with Crippen LogP contribution in [0.3, 0.4) is 0 Å². The molecule has 0 bridgehead atoms. The van der Waals surface area contributed by atoms with Gasteiger partial charge in [-0.25, -0.2) is 9.78 Å². The van der Waals surface area contributed by atoms with E-state index in [0.717, 1.165) is 43.0 Å². The molecular weight excluding hydrogens is 372 g/mol. The lowest BCUT2D eigenvalue weighted by Gasteiger charge is -2.28. The van der Waals surface area contributed by atoms with Gasteiger partial charge in [-0.2, -0.15) is 4.98 Å². The molecule has 9 heteroatoms. The Morgan fingerprint density at radius 2 is 1.97 bits per heavy atom. The molecule has 1 aliphatic rings. The van der Waals surface area contributed by atoms with Gasteiger partial charge in [-0.05, 0) is 36.8 Å². The van der Waals surface area contributed by atoms with E-state index in [1.165, 1.54) is 5.69 Å². The van der Waals surface area contributed by atoms with E-state index in [2.05, 4.69) is 37.6 Å². The summed E-state index contributed by atoms with van der Waals surface area (Å²) in [5.74, 6) is 0.528. The number of morpholine rings is 1. The van der Waals surface area contributed by atoms with Crippen LogP contribution in [-0.2, 0) is 11.3 Å². The van der Waals surface area contributed by atoms with E-state index in [9.17, 15) is 4.79 Å². The molecule has 1 aromatic carbocycles. The number of anilines is 3. The molecule has 1 fully saturated rings. The lowest BCUT2D eigenvalue weighted by molar-refractivity contribution is 0.122. The van der Waals surface area contributed by atoms with Crippen molar-refractivity contribution in [2.24, 2.45) is 0 Å².